The largest absolute Gasteiger partial charge is 0.474 e. The van der Waals surface area contributed by atoms with Gasteiger partial charge in [-0.05, 0) is 48.6 Å². The van der Waals surface area contributed by atoms with E-state index in [4.69, 9.17) is 22.1 Å². The van der Waals surface area contributed by atoms with Crippen LogP contribution in [0.2, 0.25) is 5.15 Å². The lowest BCUT2D eigenvalue weighted by molar-refractivity contribution is 0.295. The van der Waals surface area contributed by atoms with Gasteiger partial charge in [-0.3, -0.25) is 0 Å². The molecule has 1 atom stereocenters. The van der Waals surface area contributed by atoms with E-state index in [-0.39, 0.29) is 6.04 Å². The first kappa shape index (κ1) is 12.4. The highest BCUT2D eigenvalue weighted by Gasteiger charge is 2.32. The minimum Gasteiger partial charge on any atom is -0.474 e. The Morgan fingerprint density at radius 3 is 2.65 bits per heavy atom. The molecule has 0 aliphatic heterocycles. The zero-order valence-corrected chi connectivity index (χ0v) is 11.8. The summed E-state index contributed by atoms with van der Waals surface area (Å²) in [7, 11) is 0. The van der Waals surface area contributed by atoms with Gasteiger partial charge < -0.3 is 10.5 Å². The van der Waals surface area contributed by atoms with Gasteiger partial charge in [-0.1, -0.05) is 11.6 Å². The minimum absolute atomic E-state index is 0.0263. The van der Waals surface area contributed by atoms with Crippen molar-refractivity contribution in [2.24, 2.45) is 11.7 Å². The molecular formula is C15H16ClN3O. The van der Waals surface area contributed by atoms with Crippen LogP contribution in [-0.4, -0.2) is 16.1 Å². The van der Waals surface area contributed by atoms with Gasteiger partial charge in [0.2, 0.25) is 5.88 Å². The van der Waals surface area contributed by atoms with Crippen molar-refractivity contribution in [1.29, 1.82) is 0 Å². The van der Waals surface area contributed by atoms with Crippen molar-refractivity contribution in [3.63, 3.8) is 0 Å². The van der Waals surface area contributed by atoms with E-state index in [1.54, 1.807) is 6.20 Å². The number of nitrogens with two attached hydrogens (primary N) is 1. The minimum atomic E-state index is 0.0263. The second kappa shape index (κ2) is 4.57. The van der Waals surface area contributed by atoms with Crippen molar-refractivity contribution in [3.05, 3.63) is 29.2 Å². The van der Waals surface area contributed by atoms with Crippen LogP contribution in [0.3, 0.4) is 0 Å². The van der Waals surface area contributed by atoms with E-state index in [9.17, 15) is 0 Å². The average molecular weight is 290 g/mol. The summed E-state index contributed by atoms with van der Waals surface area (Å²) in [5, 5.41) is 2.41. The summed E-state index contributed by atoms with van der Waals surface area (Å²) >= 11 is 6.05. The molecule has 104 valence electrons. The number of halogens is 1. The Hall–Kier alpha value is -1.39. The maximum Gasteiger partial charge on any atom is 0.223 e. The Morgan fingerprint density at radius 1 is 1.15 bits per heavy atom. The number of fused-ring (bicyclic) bond motifs is 1. The second-order valence-corrected chi connectivity index (χ2v) is 6.14. The van der Waals surface area contributed by atoms with Crippen LogP contribution in [0, 0.1) is 5.92 Å². The summed E-state index contributed by atoms with van der Waals surface area (Å²) in [5.74, 6) is 1.22. The summed E-state index contributed by atoms with van der Waals surface area (Å²) in [6, 6.07) is 1.90. The van der Waals surface area contributed by atoms with Gasteiger partial charge in [0, 0.05) is 18.4 Å². The fourth-order valence-corrected chi connectivity index (χ4v) is 2.68. The second-order valence-electron chi connectivity index (χ2n) is 5.75. The van der Waals surface area contributed by atoms with Gasteiger partial charge in [0.25, 0.3) is 0 Å². The lowest BCUT2D eigenvalue weighted by atomic mass is 10.00. The zero-order valence-electron chi connectivity index (χ0n) is 11.1. The highest BCUT2D eigenvalue weighted by Crippen LogP contribution is 2.42. The molecule has 2 heterocycles. The van der Waals surface area contributed by atoms with E-state index < -0.39 is 0 Å². The third kappa shape index (κ3) is 2.23. The first-order chi connectivity index (χ1) is 9.72. The number of hydrogen-bond acceptors (Lipinski definition) is 4. The SMILES string of the molecule is NC(c1cnc(OC2CC2)c2cnc(Cl)cc12)C1CC1. The Morgan fingerprint density at radius 2 is 1.95 bits per heavy atom. The fraction of sp³-hybridized carbons (Fsp3) is 0.467. The number of rotatable bonds is 4. The molecule has 1 unspecified atom stereocenters. The lowest BCUT2D eigenvalue weighted by Gasteiger charge is -2.15. The Balaban J connectivity index is 1.84. The predicted octanol–water partition coefficient (Wildman–Crippen LogP) is 3.23. The Labute approximate surface area is 122 Å². The molecule has 2 fully saturated rings. The molecule has 0 radical (unpaired) electrons. The van der Waals surface area contributed by atoms with Crippen LogP contribution in [0.4, 0.5) is 0 Å². The van der Waals surface area contributed by atoms with Crippen molar-refractivity contribution >= 4 is 22.4 Å². The molecule has 4 rings (SSSR count). The van der Waals surface area contributed by atoms with Crippen molar-refractivity contribution in [1.82, 2.24) is 9.97 Å². The quantitative estimate of drug-likeness (QED) is 0.878. The van der Waals surface area contributed by atoms with E-state index in [2.05, 4.69) is 9.97 Å². The van der Waals surface area contributed by atoms with Crippen molar-refractivity contribution < 1.29 is 4.74 Å². The van der Waals surface area contributed by atoms with Crippen LogP contribution in [0.25, 0.3) is 10.8 Å². The van der Waals surface area contributed by atoms with Crippen LogP contribution in [0.5, 0.6) is 5.88 Å². The highest BCUT2D eigenvalue weighted by atomic mass is 35.5. The molecule has 4 nitrogen and oxygen atoms in total. The summed E-state index contributed by atoms with van der Waals surface area (Å²) < 4.78 is 5.85. The van der Waals surface area contributed by atoms with Crippen molar-refractivity contribution in [2.45, 2.75) is 37.8 Å². The smallest absolute Gasteiger partial charge is 0.223 e. The van der Waals surface area contributed by atoms with Crippen molar-refractivity contribution in [3.8, 4) is 5.88 Å². The molecule has 2 N–H and O–H groups in total. The first-order valence-electron chi connectivity index (χ1n) is 7.09. The van der Waals surface area contributed by atoms with E-state index >= 15 is 0 Å². The number of pyridine rings is 2. The number of ether oxygens (including phenoxy) is 1. The third-order valence-electron chi connectivity index (χ3n) is 4.02. The number of aromatic nitrogens is 2. The summed E-state index contributed by atoms with van der Waals surface area (Å²) in [5.41, 5.74) is 7.39. The molecule has 2 aliphatic rings. The van der Waals surface area contributed by atoms with Crippen LogP contribution in [0.15, 0.2) is 18.5 Å². The van der Waals surface area contributed by atoms with E-state index in [0.29, 0.717) is 23.1 Å². The van der Waals surface area contributed by atoms with Crippen LogP contribution in [0.1, 0.15) is 37.3 Å². The molecule has 0 spiro atoms. The van der Waals surface area contributed by atoms with Gasteiger partial charge in [-0.15, -0.1) is 0 Å². The summed E-state index contributed by atoms with van der Waals surface area (Å²) in [6.45, 7) is 0. The number of nitrogens with zero attached hydrogens (tertiary/aromatic N) is 2. The maximum absolute atomic E-state index is 6.34. The van der Waals surface area contributed by atoms with Gasteiger partial charge in [-0.2, -0.15) is 0 Å². The zero-order chi connectivity index (χ0) is 13.7. The Bertz CT molecular complexity index is 667. The van der Waals surface area contributed by atoms with E-state index in [0.717, 1.165) is 29.2 Å². The highest BCUT2D eigenvalue weighted by molar-refractivity contribution is 6.30. The summed E-state index contributed by atoms with van der Waals surface area (Å²) in [4.78, 5) is 8.62. The molecule has 20 heavy (non-hydrogen) atoms. The average Bonchev–Trinajstić information content (AvgIpc) is 3.31. The third-order valence-corrected chi connectivity index (χ3v) is 4.23. The molecule has 0 amide bonds. The predicted molar refractivity (Wildman–Crippen MR) is 77.9 cm³/mol. The van der Waals surface area contributed by atoms with Gasteiger partial charge in [0.1, 0.15) is 11.3 Å². The normalized spacial score (nSPS) is 20.1. The molecule has 0 bridgehead atoms. The van der Waals surface area contributed by atoms with Crippen LogP contribution < -0.4 is 10.5 Å². The monoisotopic (exact) mass is 289 g/mol. The van der Waals surface area contributed by atoms with E-state index in [1.165, 1.54) is 12.8 Å². The van der Waals surface area contributed by atoms with Crippen LogP contribution >= 0.6 is 11.6 Å². The molecule has 2 saturated carbocycles. The molecule has 5 heteroatoms. The maximum atomic E-state index is 6.34. The van der Waals surface area contributed by atoms with E-state index in [1.807, 2.05) is 12.3 Å². The molecule has 2 aromatic heterocycles. The fourth-order valence-electron chi connectivity index (χ4n) is 2.52. The first-order valence-corrected chi connectivity index (χ1v) is 7.46. The lowest BCUT2D eigenvalue weighted by Crippen LogP contribution is -2.14. The number of hydrogen-bond donors (Lipinski definition) is 1. The van der Waals surface area contributed by atoms with Gasteiger partial charge in [0.05, 0.1) is 5.39 Å². The molecule has 2 aliphatic carbocycles. The standard InChI is InChI=1S/C15H16ClN3O/c16-13-5-10-11(14(17)8-1-2-8)6-19-15(12(10)7-18-13)20-9-3-4-9/h5-9,14H,1-4,17H2. The molecule has 0 saturated heterocycles. The molecule has 2 aromatic rings. The van der Waals surface area contributed by atoms with Gasteiger partial charge in [0.15, 0.2) is 0 Å². The van der Waals surface area contributed by atoms with Gasteiger partial charge in [-0.25, -0.2) is 9.97 Å². The molecular weight excluding hydrogens is 274 g/mol. The van der Waals surface area contributed by atoms with Crippen LogP contribution in [-0.2, 0) is 0 Å². The topological polar surface area (TPSA) is 61.0 Å². The molecule has 0 aromatic carbocycles. The van der Waals surface area contributed by atoms with Gasteiger partial charge >= 0.3 is 0 Å². The summed E-state index contributed by atoms with van der Waals surface area (Å²) in [6.07, 6.45) is 8.50. The van der Waals surface area contributed by atoms with Crippen molar-refractivity contribution in [2.75, 3.05) is 0 Å². The Kier molecular flexibility index (Phi) is 2.82.